The fraction of sp³-hybridized carbons (Fsp3) is 0.0833. The van der Waals surface area contributed by atoms with Crippen molar-refractivity contribution in [3.63, 3.8) is 0 Å². The number of hydrogen-bond donors (Lipinski definition) is 0. The normalized spacial score (nSPS) is 10.6. The predicted octanol–water partition coefficient (Wildman–Crippen LogP) is 3.19. The molecule has 0 aliphatic heterocycles. The number of nitrogens with zero attached hydrogens (tertiary/aromatic N) is 3. The summed E-state index contributed by atoms with van der Waals surface area (Å²) in [7, 11) is 0. The molecule has 0 bridgehead atoms. The lowest BCUT2D eigenvalue weighted by Gasteiger charge is -2.04. The van der Waals surface area contributed by atoms with Crippen LogP contribution in [0.25, 0.3) is 10.2 Å². The van der Waals surface area contributed by atoms with E-state index in [-0.39, 0.29) is 0 Å². The highest BCUT2D eigenvalue weighted by molar-refractivity contribution is 7.16. The predicted molar refractivity (Wildman–Crippen MR) is 66.5 cm³/mol. The molecule has 0 atom stereocenters. The smallest absolute Gasteiger partial charge is 0.231 e. The summed E-state index contributed by atoms with van der Waals surface area (Å²) in [5.41, 5.74) is 0.959. The molecule has 3 aromatic heterocycles. The summed E-state index contributed by atoms with van der Waals surface area (Å²) in [6, 6.07) is 5.74. The number of aryl methyl sites for hydroxylation is 1. The Balaban J connectivity index is 1.99. The molecule has 4 nitrogen and oxygen atoms in total. The Hall–Kier alpha value is -2.01. The summed E-state index contributed by atoms with van der Waals surface area (Å²) in [5, 5.41) is 2.90. The molecule has 0 aliphatic rings. The van der Waals surface area contributed by atoms with Crippen LogP contribution in [-0.2, 0) is 0 Å². The van der Waals surface area contributed by atoms with E-state index in [0.717, 1.165) is 15.9 Å². The third kappa shape index (κ3) is 1.97. The molecule has 0 aliphatic carbocycles. The molecule has 3 aromatic rings. The van der Waals surface area contributed by atoms with Crippen molar-refractivity contribution in [3.05, 3.63) is 41.8 Å². The average Bonchev–Trinajstić information content (AvgIpc) is 2.81. The largest absolute Gasteiger partial charge is 0.437 e. The molecule has 5 heteroatoms. The van der Waals surface area contributed by atoms with Crippen LogP contribution >= 0.6 is 11.3 Å². The molecular weight excluding hydrogens is 234 g/mol. The van der Waals surface area contributed by atoms with Gasteiger partial charge in [-0.3, -0.25) is 4.98 Å². The van der Waals surface area contributed by atoms with Crippen LogP contribution in [0.3, 0.4) is 0 Å². The molecule has 0 saturated carbocycles. The Bertz CT molecular complexity index is 648. The zero-order chi connectivity index (χ0) is 11.7. The standard InChI is InChI=1S/C12H9N3OS/c1-8-2-3-9(6-13-8)16-11-10-4-5-17-12(10)15-7-14-11/h2-7H,1H3. The van der Waals surface area contributed by atoms with E-state index in [9.17, 15) is 0 Å². The Morgan fingerprint density at radius 3 is 2.88 bits per heavy atom. The molecule has 0 aromatic carbocycles. The maximum absolute atomic E-state index is 5.70. The Kier molecular flexibility index (Phi) is 2.45. The summed E-state index contributed by atoms with van der Waals surface area (Å²) in [6.07, 6.45) is 3.20. The molecule has 0 fully saturated rings. The van der Waals surface area contributed by atoms with Crippen LogP contribution in [0, 0.1) is 6.92 Å². The highest BCUT2D eigenvalue weighted by atomic mass is 32.1. The van der Waals surface area contributed by atoms with Crippen LogP contribution in [0.4, 0.5) is 0 Å². The molecule has 0 amide bonds. The highest BCUT2D eigenvalue weighted by Crippen LogP contribution is 2.28. The minimum absolute atomic E-state index is 0.571. The maximum atomic E-state index is 5.70. The summed E-state index contributed by atoms with van der Waals surface area (Å²) in [5.74, 6) is 1.25. The Morgan fingerprint density at radius 1 is 1.12 bits per heavy atom. The van der Waals surface area contributed by atoms with Crippen molar-refractivity contribution in [3.8, 4) is 11.6 Å². The quantitative estimate of drug-likeness (QED) is 0.693. The zero-order valence-electron chi connectivity index (χ0n) is 9.12. The zero-order valence-corrected chi connectivity index (χ0v) is 9.94. The topological polar surface area (TPSA) is 47.9 Å². The number of thiophene rings is 1. The summed E-state index contributed by atoms with van der Waals surface area (Å²) < 4.78 is 5.70. The molecule has 0 saturated heterocycles. The van der Waals surface area contributed by atoms with Gasteiger partial charge < -0.3 is 4.74 Å². The van der Waals surface area contributed by atoms with E-state index in [1.165, 1.54) is 6.33 Å². The van der Waals surface area contributed by atoms with Gasteiger partial charge in [0, 0.05) is 5.69 Å². The second-order valence-corrected chi connectivity index (χ2v) is 4.45. The first-order chi connectivity index (χ1) is 8.33. The third-order valence-corrected chi connectivity index (χ3v) is 3.14. The van der Waals surface area contributed by atoms with Gasteiger partial charge in [0.2, 0.25) is 5.88 Å². The first kappa shape index (κ1) is 10.2. The second-order valence-electron chi connectivity index (χ2n) is 3.56. The van der Waals surface area contributed by atoms with E-state index in [1.807, 2.05) is 30.5 Å². The van der Waals surface area contributed by atoms with Crippen LogP contribution in [0.5, 0.6) is 11.6 Å². The van der Waals surface area contributed by atoms with Crippen LogP contribution in [0.1, 0.15) is 5.69 Å². The van der Waals surface area contributed by atoms with E-state index in [2.05, 4.69) is 15.0 Å². The second kappa shape index (κ2) is 4.10. The van der Waals surface area contributed by atoms with Gasteiger partial charge >= 0.3 is 0 Å². The molecule has 3 rings (SSSR count). The van der Waals surface area contributed by atoms with Crippen LogP contribution in [0.15, 0.2) is 36.1 Å². The van der Waals surface area contributed by atoms with Crippen molar-refractivity contribution >= 4 is 21.6 Å². The molecule has 0 unspecified atom stereocenters. The van der Waals surface area contributed by atoms with E-state index in [0.29, 0.717) is 11.6 Å². The van der Waals surface area contributed by atoms with E-state index < -0.39 is 0 Å². The molecule has 17 heavy (non-hydrogen) atoms. The number of aromatic nitrogens is 3. The van der Waals surface area contributed by atoms with E-state index >= 15 is 0 Å². The van der Waals surface area contributed by atoms with Crippen LogP contribution in [-0.4, -0.2) is 15.0 Å². The monoisotopic (exact) mass is 243 g/mol. The van der Waals surface area contributed by atoms with E-state index in [1.54, 1.807) is 17.5 Å². The first-order valence-corrected chi connectivity index (χ1v) is 5.99. The number of fused-ring (bicyclic) bond motifs is 1. The number of rotatable bonds is 2. The van der Waals surface area contributed by atoms with E-state index in [4.69, 9.17) is 4.74 Å². The lowest BCUT2D eigenvalue weighted by atomic mass is 10.3. The Labute approximate surface area is 102 Å². The van der Waals surface area contributed by atoms with Crippen LogP contribution in [0.2, 0.25) is 0 Å². The molecular formula is C12H9N3OS. The van der Waals surface area contributed by atoms with Crippen molar-refractivity contribution in [2.45, 2.75) is 6.92 Å². The molecule has 0 radical (unpaired) electrons. The minimum Gasteiger partial charge on any atom is -0.437 e. The number of ether oxygens (including phenoxy) is 1. The van der Waals surface area contributed by atoms with Gasteiger partial charge in [0.15, 0.2) is 0 Å². The van der Waals surface area contributed by atoms with Crippen molar-refractivity contribution in [2.75, 3.05) is 0 Å². The van der Waals surface area contributed by atoms with Crippen molar-refractivity contribution in [2.24, 2.45) is 0 Å². The van der Waals surface area contributed by atoms with Gasteiger partial charge in [-0.2, -0.15) is 0 Å². The highest BCUT2D eigenvalue weighted by Gasteiger charge is 2.06. The lowest BCUT2D eigenvalue weighted by Crippen LogP contribution is -1.90. The fourth-order valence-corrected chi connectivity index (χ4v) is 2.20. The van der Waals surface area contributed by atoms with Gasteiger partial charge in [-0.15, -0.1) is 11.3 Å². The summed E-state index contributed by atoms with van der Waals surface area (Å²) in [6.45, 7) is 1.94. The minimum atomic E-state index is 0.571. The van der Waals surface area contributed by atoms with Gasteiger partial charge in [-0.05, 0) is 30.5 Å². The Morgan fingerprint density at radius 2 is 2.06 bits per heavy atom. The molecule has 84 valence electrons. The van der Waals surface area contributed by atoms with Crippen LogP contribution < -0.4 is 4.74 Å². The summed E-state index contributed by atoms with van der Waals surface area (Å²) in [4.78, 5) is 13.4. The lowest BCUT2D eigenvalue weighted by molar-refractivity contribution is 0.466. The maximum Gasteiger partial charge on any atom is 0.231 e. The number of pyridine rings is 1. The SMILES string of the molecule is Cc1ccc(Oc2ncnc3sccc23)cn1. The average molecular weight is 243 g/mol. The molecule has 0 N–H and O–H groups in total. The van der Waals surface area contributed by atoms with Crippen molar-refractivity contribution < 1.29 is 4.74 Å². The molecule has 3 heterocycles. The van der Waals surface area contributed by atoms with Gasteiger partial charge in [0.25, 0.3) is 0 Å². The summed E-state index contributed by atoms with van der Waals surface area (Å²) >= 11 is 1.57. The van der Waals surface area contributed by atoms with Gasteiger partial charge in [0.05, 0.1) is 11.6 Å². The fourth-order valence-electron chi connectivity index (χ4n) is 1.47. The van der Waals surface area contributed by atoms with Gasteiger partial charge in [-0.25, -0.2) is 9.97 Å². The van der Waals surface area contributed by atoms with Gasteiger partial charge in [0.1, 0.15) is 16.9 Å². The van der Waals surface area contributed by atoms with Crippen molar-refractivity contribution in [1.29, 1.82) is 0 Å². The third-order valence-electron chi connectivity index (χ3n) is 2.32. The number of hydrogen-bond acceptors (Lipinski definition) is 5. The van der Waals surface area contributed by atoms with Gasteiger partial charge in [-0.1, -0.05) is 0 Å². The van der Waals surface area contributed by atoms with Crippen molar-refractivity contribution in [1.82, 2.24) is 15.0 Å². The first-order valence-electron chi connectivity index (χ1n) is 5.11. The molecule has 0 spiro atoms.